The minimum Gasteiger partial charge on any atom is -0.494 e. The minimum absolute atomic E-state index is 0.714. The van der Waals surface area contributed by atoms with E-state index in [1.165, 1.54) is 11.1 Å². The molecule has 0 radical (unpaired) electrons. The highest BCUT2D eigenvalue weighted by molar-refractivity contribution is 7.16. The first kappa shape index (κ1) is 17.5. The molecular formula is C23H22N2O2S. The Morgan fingerprint density at radius 2 is 2.00 bits per heavy atom. The van der Waals surface area contributed by atoms with Gasteiger partial charge in [-0.25, -0.2) is 0 Å². The fourth-order valence-corrected chi connectivity index (χ4v) is 4.54. The van der Waals surface area contributed by atoms with Gasteiger partial charge in [0.05, 0.1) is 12.0 Å². The molecule has 142 valence electrons. The zero-order valence-corrected chi connectivity index (χ0v) is 16.5. The molecule has 0 N–H and O–H groups in total. The highest BCUT2D eigenvalue weighted by Crippen LogP contribution is 2.33. The average molecular weight is 391 g/mol. The Labute approximate surface area is 168 Å². The Kier molecular flexibility index (Phi) is 4.85. The Hall–Kier alpha value is -2.63. The van der Waals surface area contributed by atoms with Crippen molar-refractivity contribution in [2.75, 3.05) is 19.7 Å². The lowest BCUT2D eigenvalue weighted by atomic mass is 10.00. The van der Waals surface area contributed by atoms with Gasteiger partial charge in [0.25, 0.3) is 0 Å². The third kappa shape index (κ3) is 3.55. The number of ether oxygens (including phenoxy) is 1. The molecule has 0 atom stereocenters. The number of benzene rings is 2. The molecular weight excluding hydrogens is 368 g/mol. The molecule has 5 rings (SSSR count). The van der Waals surface area contributed by atoms with E-state index in [4.69, 9.17) is 9.26 Å². The van der Waals surface area contributed by atoms with Crippen LogP contribution in [0.2, 0.25) is 0 Å². The van der Waals surface area contributed by atoms with Crippen molar-refractivity contribution in [1.29, 1.82) is 0 Å². The van der Waals surface area contributed by atoms with E-state index in [0.717, 1.165) is 59.8 Å². The Morgan fingerprint density at radius 1 is 1.07 bits per heavy atom. The van der Waals surface area contributed by atoms with Gasteiger partial charge in [-0.3, -0.25) is 4.90 Å². The Bertz CT molecular complexity index is 1080. The summed E-state index contributed by atoms with van der Waals surface area (Å²) in [6.07, 6.45) is 2.16. The number of thiophene rings is 1. The van der Waals surface area contributed by atoms with Gasteiger partial charge in [0, 0.05) is 25.2 Å². The summed E-state index contributed by atoms with van der Waals surface area (Å²) in [6, 6.07) is 18.9. The number of hydrogen-bond donors (Lipinski definition) is 0. The summed E-state index contributed by atoms with van der Waals surface area (Å²) >= 11 is 1.59. The highest BCUT2D eigenvalue weighted by Gasteiger charge is 2.15. The van der Waals surface area contributed by atoms with Crippen LogP contribution in [-0.4, -0.2) is 29.8 Å². The van der Waals surface area contributed by atoms with Crippen molar-refractivity contribution in [2.24, 2.45) is 0 Å². The van der Waals surface area contributed by atoms with Gasteiger partial charge >= 0.3 is 0 Å². The molecule has 0 amide bonds. The van der Waals surface area contributed by atoms with Gasteiger partial charge in [0.1, 0.15) is 5.75 Å². The van der Waals surface area contributed by atoms with Crippen molar-refractivity contribution in [1.82, 2.24) is 10.1 Å². The second-order valence-electron chi connectivity index (χ2n) is 7.18. The summed E-state index contributed by atoms with van der Waals surface area (Å²) in [5, 5.41) is 7.23. The van der Waals surface area contributed by atoms with Crippen LogP contribution in [0.3, 0.4) is 0 Å². The molecule has 2 aromatic heterocycles. The standard InChI is InChI=1S/C23H22N2O2S/c1-2-6-19-16-25(12-9-17(19)5-1)11-4-13-26-20-8-3-7-18(15-20)22-21-10-14-28-23(21)24-27-22/h1-3,5-8,10,14-15H,4,9,11-13,16H2. The van der Waals surface area contributed by atoms with E-state index in [9.17, 15) is 0 Å². The summed E-state index contributed by atoms with van der Waals surface area (Å²) in [6.45, 7) is 3.96. The van der Waals surface area contributed by atoms with E-state index < -0.39 is 0 Å². The van der Waals surface area contributed by atoms with Gasteiger partial charge < -0.3 is 9.26 Å². The third-order valence-electron chi connectivity index (χ3n) is 5.30. The van der Waals surface area contributed by atoms with E-state index in [1.54, 1.807) is 11.3 Å². The van der Waals surface area contributed by atoms with Crippen molar-refractivity contribution in [3.63, 3.8) is 0 Å². The van der Waals surface area contributed by atoms with Crippen molar-refractivity contribution < 1.29 is 9.26 Å². The molecule has 0 aliphatic carbocycles. The molecule has 1 aliphatic heterocycles. The van der Waals surface area contributed by atoms with Crippen LogP contribution in [-0.2, 0) is 13.0 Å². The SMILES string of the molecule is c1cc(OCCCN2CCc3ccccc3C2)cc(-c2onc3sccc23)c1. The van der Waals surface area contributed by atoms with Gasteiger partial charge in [-0.15, -0.1) is 11.3 Å². The number of rotatable bonds is 6. The minimum atomic E-state index is 0.714. The van der Waals surface area contributed by atoms with Crippen LogP contribution in [0.25, 0.3) is 21.5 Å². The fourth-order valence-electron chi connectivity index (χ4n) is 3.84. The van der Waals surface area contributed by atoms with Crippen LogP contribution in [0.15, 0.2) is 64.5 Å². The first-order valence-corrected chi connectivity index (χ1v) is 10.6. The van der Waals surface area contributed by atoms with Gasteiger partial charge in [-0.1, -0.05) is 41.6 Å². The van der Waals surface area contributed by atoms with Crippen LogP contribution in [0.5, 0.6) is 5.75 Å². The first-order valence-electron chi connectivity index (χ1n) is 9.72. The number of fused-ring (bicyclic) bond motifs is 2. The molecule has 3 heterocycles. The van der Waals surface area contributed by atoms with Gasteiger partial charge in [-0.2, -0.15) is 0 Å². The molecule has 4 nitrogen and oxygen atoms in total. The third-order valence-corrected chi connectivity index (χ3v) is 6.09. The molecule has 0 saturated carbocycles. The summed E-state index contributed by atoms with van der Waals surface area (Å²) in [5.74, 6) is 1.69. The predicted molar refractivity (Wildman–Crippen MR) is 113 cm³/mol. The Morgan fingerprint density at radius 3 is 2.96 bits per heavy atom. The second-order valence-corrected chi connectivity index (χ2v) is 8.07. The number of aromatic nitrogens is 1. The molecule has 5 heteroatoms. The van der Waals surface area contributed by atoms with Crippen LogP contribution in [0.1, 0.15) is 17.5 Å². The van der Waals surface area contributed by atoms with Crippen molar-refractivity contribution in [3.8, 4) is 17.1 Å². The molecule has 4 aromatic rings. The quantitative estimate of drug-likeness (QED) is 0.414. The normalized spacial score (nSPS) is 14.3. The largest absolute Gasteiger partial charge is 0.494 e. The Balaban J connectivity index is 1.16. The van der Waals surface area contributed by atoms with E-state index in [1.807, 2.05) is 29.6 Å². The molecule has 28 heavy (non-hydrogen) atoms. The van der Waals surface area contributed by atoms with Gasteiger partial charge in [-0.05, 0) is 47.5 Å². The van der Waals surface area contributed by atoms with E-state index in [-0.39, 0.29) is 0 Å². The molecule has 0 saturated heterocycles. The monoisotopic (exact) mass is 390 g/mol. The molecule has 0 fully saturated rings. The zero-order chi connectivity index (χ0) is 18.8. The van der Waals surface area contributed by atoms with Crippen molar-refractivity contribution in [2.45, 2.75) is 19.4 Å². The summed E-state index contributed by atoms with van der Waals surface area (Å²) in [7, 11) is 0. The van der Waals surface area contributed by atoms with Crippen molar-refractivity contribution in [3.05, 3.63) is 71.1 Å². The summed E-state index contributed by atoms with van der Waals surface area (Å²) in [4.78, 5) is 3.45. The topological polar surface area (TPSA) is 38.5 Å². The lowest BCUT2D eigenvalue weighted by Crippen LogP contribution is -2.31. The summed E-state index contributed by atoms with van der Waals surface area (Å²) in [5.41, 5.74) is 3.97. The maximum atomic E-state index is 6.01. The summed E-state index contributed by atoms with van der Waals surface area (Å²) < 4.78 is 11.5. The van der Waals surface area contributed by atoms with E-state index in [0.29, 0.717) is 6.61 Å². The fraction of sp³-hybridized carbons (Fsp3) is 0.261. The maximum absolute atomic E-state index is 6.01. The second kappa shape index (κ2) is 7.78. The van der Waals surface area contributed by atoms with Crippen LogP contribution < -0.4 is 4.74 Å². The molecule has 0 bridgehead atoms. The lowest BCUT2D eigenvalue weighted by Gasteiger charge is -2.28. The lowest BCUT2D eigenvalue weighted by molar-refractivity contribution is 0.221. The van der Waals surface area contributed by atoms with Crippen LogP contribution in [0.4, 0.5) is 0 Å². The molecule has 2 aromatic carbocycles. The average Bonchev–Trinajstić information content (AvgIpc) is 3.35. The molecule has 0 spiro atoms. The number of nitrogens with zero attached hydrogens (tertiary/aromatic N) is 2. The highest BCUT2D eigenvalue weighted by atomic mass is 32.1. The smallest absolute Gasteiger partial charge is 0.175 e. The molecule has 1 aliphatic rings. The van der Waals surface area contributed by atoms with Gasteiger partial charge in [0.2, 0.25) is 0 Å². The maximum Gasteiger partial charge on any atom is 0.175 e. The van der Waals surface area contributed by atoms with Gasteiger partial charge in [0.15, 0.2) is 10.6 Å². The predicted octanol–water partition coefficient (Wildman–Crippen LogP) is 5.38. The molecule has 0 unspecified atom stereocenters. The zero-order valence-electron chi connectivity index (χ0n) is 15.6. The van der Waals surface area contributed by atoms with Crippen LogP contribution in [0, 0.1) is 0 Å². The van der Waals surface area contributed by atoms with E-state index >= 15 is 0 Å². The van der Waals surface area contributed by atoms with Crippen molar-refractivity contribution >= 4 is 21.6 Å². The first-order chi connectivity index (χ1) is 13.9. The van der Waals surface area contributed by atoms with E-state index in [2.05, 4.69) is 40.4 Å². The number of hydrogen-bond acceptors (Lipinski definition) is 5. The van der Waals surface area contributed by atoms with Crippen LogP contribution >= 0.6 is 11.3 Å².